The number of hydrogen-bond donors (Lipinski definition) is 4. The van der Waals surface area contributed by atoms with Gasteiger partial charge in [-0.25, -0.2) is 9.59 Å². The van der Waals surface area contributed by atoms with E-state index in [1.165, 1.54) is 51.9 Å². The smallest absolute Gasteiger partial charge is 0.414 e. The predicted octanol–water partition coefficient (Wildman–Crippen LogP) is -0.0716. The van der Waals surface area contributed by atoms with Gasteiger partial charge in [-0.15, -0.1) is 0 Å². The van der Waals surface area contributed by atoms with Gasteiger partial charge in [0.1, 0.15) is 0 Å². The number of nitrogens with one attached hydrogen (secondary N) is 2. The third kappa shape index (κ3) is 5.41. The second-order valence-corrected chi connectivity index (χ2v) is 7.16. The van der Waals surface area contributed by atoms with E-state index in [4.69, 9.17) is 29.3 Å². The zero-order chi connectivity index (χ0) is 17.5. The molecule has 4 N–H and O–H groups in total. The van der Waals surface area contributed by atoms with Crippen LogP contribution in [0.15, 0.2) is 0 Å². The number of carboxylic acid groups (broad SMARTS) is 2. The molecule has 24 heavy (non-hydrogen) atoms. The molecule has 0 aromatic rings. The van der Waals surface area contributed by atoms with E-state index in [0.29, 0.717) is 10.8 Å². The maximum absolute atomic E-state index is 9.10. The first-order valence-corrected chi connectivity index (χ1v) is 8.50. The Labute approximate surface area is 141 Å². The van der Waals surface area contributed by atoms with Gasteiger partial charge in [-0.3, -0.25) is 0 Å². The summed E-state index contributed by atoms with van der Waals surface area (Å²) in [6.45, 7) is 8.80. The highest BCUT2D eigenvalue weighted by Crippen LogP contribution is 2.34. The molecule has 4 aliphatic heterocycles. The fraction of sp³-hybridized carbons (Fsp3) is 0.875. The van der Waals surface area contributed by atoms with Gasteiger partial charge in [0.25, 0.3) is 0 Å². The normalized spacial score (nSPS) is 25.8. The van der Waals surface area contributed by atoms with E-state index in [9.17, 15) is 0 Å². The molecule has 0 aromatic carbocycles. The van der Waals surface area contributed by atoms with Crippen molar-refractivity contribution in [3.63, 3.8) is 0 Å². The van der Waals surface area contributed by atoms with Crippen LogP contribution in [0.2, 0.25) is 0 Å². The van der Waals surface area contributed by atoms with Crippen LogP contribution in [0.5, 0.6) is 0 Å². The van der Waals surface area contributed by atoms with E-state index in [2.05, 4.69) is 10.6 Å². The predicted molar refractivity (Wildman–Crippen MR) is 86.0 cm³/mol. The van der Waals surface area contributed by atoms with Crippen LogP contribution in [0.3, 0.4) is 0 Å². The van der Waals surface area contributed by atoms with Crippen molar-refractivity contribution in [1.29, 1.82) is 0 Å². The van der Waals surface area contributed by atoms with E-state index < -0.39 is 11.9 Å². The summed E-state index contributed by atoms with van der Waals surface area (Å²) in [5.74, 6) is -3.65. The van der Waals surface area contributed by atoms with Crippen molar-refractivity contribution in [2.75, 3.05) is 52.6 Å². The first-order valence-electron chi connectivity index (χ1n) is 8.50. The minimum Gasteiger partial charge on any atom is -0.473 e. The van der Waals surface area contributed by atoms with Crippen molar-refractivity contribution in [1.82, 2.24) is 10.6 Å². The molecule has 0 atom stereocenters. The minimum atomic E-state index is -1.82. The highest BCUT2D eigenvalue weighted by Gasteiger charge is 2.39. The Balaban J connectivity index is 0.000000134. The van der Waals surface area contributed by atoms with Crippen LogP contribution in [0, 0.1) is 10.8 Å². The molecule has 0 aliphatic carbocycles. The Kier molecular flexibility index (Phi) is 6.97. The lowest BCUT2D eigenvalue weighted by molar-refractivity contribution is -0.159. The number of carbonyl (C=O) groups is 2. The lowest BCUT2D eigenvalue weighted by Gasteiger charge is -2.44. The van der Waals surface area contributed by atoms with Gasteiger partial charge < -0.3 is 30.3 Å². The van der Waals surface area contributed by atoms with Gasteiger partial charge in [0.05, 0.1) is 26.4 Å². The molecule has 0 amide bonds. The Morgan fingerprint density at radius 3 is 1.25 bits per heavy atom. The molecule has 0 unspecified atom stereocenters. The molecule has 4 heterocycles. The monoisotopic (exact) mass is 344 g/mol. The SMILES string of the molecule is C1CNCC2(C1)COC2.C1CNCC2(C1)COC2.O=C(O)C(=O)O. The summed E-state index contributed by atoms with van der Waals surface area (Å²) in [6, 6.07) is 0. The molecule has 0 bridgehead atoms. The summed E-state index contributed by atoms with van der Waals surface area (Å²) in [6.07, 6.45) is 5.42. The largest absolute Gasteiger partial charge is 0.473 e. The summed E-state index contributed by atoms with van der Waals surface area (Å²) in [5.41, 5.74) is 1.14. The van der Waals surface area contributed by atoms with E-state index in [1.54, 1.807) is 0 Å². The topological polar surface area (TPSA) is 117 Å². The Morgan fingerprint density at radius 2 is 1.12 bits per heavy atom. The summed E-state index contributed by atoms with van der Waals surface area (Å²) in [7, 11) is 0. The van der Waals surface area contributed by atoms with Gasteiger partial charge in [0, 0.05) is 23.9 Å². The van der Waals surface area contributed by atoms with Crippen LogP contribution < -0.4 is 10.6 Å². The molecule has 0 aromatic heterocycles. The van der Waals surface area contributed by atoms with E-state index in [-0.39, 0.29) is 0 Å². The molecule has 0 saturated carbocycles. The molecule has 8 nitrogen and oxygen atoms in total. The fourth-order valence-electron chi connectivity index (χ4n) is 3.33. The molecule has 4 aliphatic rings. The summed E-state index contributed by atoms with van der Waals surface area (Å²) < 4.78 is 10.4. The van der Waals surface area contributed by atoms with E-state index in [1.807, 2.05) is 0 Å². The van der Waals surface area contributed by atoms with Crippen LogP contribution in [0.1, 0.15) is 25.7 Å². The summed E-state index contributed by atoms with van der Waals surface area (Å²) >= 11 is 0. The van der Waals surface area contributed by atoms with Gasteiger partial charge in [-0.2, -0.15) is 0 Å². The quantitative estimate of drug-likeness (QED) is 0.451. The first kappa shape index (κ1) is 19.1. The van der Waals surface area contributed by atoms with Crippen molar-refractivity contribution in [3.05, 3.63) is 0 Å². The van der Waals surface area contributed by atoms with Gasteiger partial charge >= 0.3 is 11.9 Å². The average molecular weight is 344 g/mol. The molecule has 4 saturated heterocycles. The molecule has 8 heteroatoms. The lowest BCUT2D eigenvalue weighted by Crippen LogP contribution is -2.52. The van der Waals surface area contributed by atoms with E-state index in [0.717, 1.165) is 26.4 Å². The summed E-state index contributed by atoms with van der Waals surface area (Å²) in [4.78, 5) is 18.2. The summed E-state index contributed by atoms with van der Waals surface area (Å²) in [5, 5.41) is 21.6. The van der Waals surface area contributed by atoms with Crippen molar-refractivity contribution in [3.8, 4) is 0 Å². The van der Waals surface area contributed by atoms with Crippen molar-refractivity contribution >= 4 is 11.9 Å². The third-order valence-corrected chi connectivity index (χ3v) is 4.94. The molecule has 2 spiro atoms. The van der Waals surface area contributed by atoms with Crippen LogP contribution in [0.4, 0.5) is 0 Å². The number of carboxylic acids is 2. The highest BCUT2D eigenvalue weighted by atomic mass is 16.5. The van der Waals surface area contributed by atoms with Crippen molar-refractivity contribution in [2.45, 2.75) is 25.7 Å². The molecule has 4 rings (SSSR count). The third-order valence-electron chi connectivity index (χ3n) is 4.94. The molecule has 138 valence electrons. The standard InChI is InChI=1S/2C7H13NO.C2H2O4/c2*1-2-7(4-8-3-1)5-9-6-7;3-1(4)2(5)6/h2*8H,1-6H2;(H,3,4)(H,5,6). The molecule has 0 radical (unpaired) electrons. The number of rotatable bonds is 0. The average Bonchev–Trinajstić information content (AvgIpc) is 2.55. The van der Waals surface area contributed by atoms with Gasteiger partial charge in [0.15, 0.2) is 0 Å². The molecule has 4 fully saturated rings. The Hall–Kier alpha value is -1.22. The van der Waals surface area contributed by atoms with Gasteiger partial charge in [0.2, 0.25) is 0 Å². The second kappa shape index (κ2) is 8.75. The van der Waals surface area contributed by atoms with Crippen molar-refractivity contribution in [2.24, 2.45) is 10.8 Å². The zero-order valence-corrected chi connectivity index (χ0v) is 14.0. The maximum atomic E-state index is 9.10. The van der Waals surface area contributed by atoms with Crippen LogP contribution in [-0.2, 0) is 19.1 Å². The minimum absolute atomic E-state index is 0.568. The van der Waals surface area contributed by atoms with Crippen molar-refractivity contribution < 1.29 is 29.3 Å². The maximum Gasteiger partial charge on any atom is 0.414 e. The van der Waals surface area contributed by atoms with Crippen LogP contribution >= 0.6 is 0 Å². The zero-order valence-electron chi connectivity index (χ0n) is 14.0. The van der Waals surface area contributed by atoms with Crippen LogP contribution in [0.25, 0.3) is 0 Å². The Morgan fingerprint density at radius 1 is 0.750 bits per heavy atom. The molecular weight excluding hydrogens is 316 g/mol. The number of aliphatic carboxylic acids is 2. The fourth-order valence-corrected chi connectivity index (χ4v) is 3.33. The van der Waals surface area contributed by atoms with Gasteiger partial charge in [-0.1, -0.05) is 0 Å². The number of hydrogen-bond acceptors (Lipinski definition) is 6. The number of ether oxygens (including phenoxy) is 2. The lowest BCUT2D eigenvalue weighted by atomic mass is 9.79. The Bertz CT molecular complexity index is 378. The van der Waals surface area contributed by atoms with Gasteiger partial charge in [-0.05, 0) is 38.8 Å². The number of piperidine rings is 2. The second-order valence-electron chi connectivity index (χ2n) is 7.16. The first-order chi connectivity index (χ1) is 11.5. The van der Waals surface area contributed by atoms with E-state index >= 15 is 0 Å². The highest BCUT2D eigenvalue weighted by molar-refractivity contribution is 6.27. The molecular formula is C16H28N2O6. The van der Waals surface area contributed by atoms with Crippen LogP contribution in [-0.4, -0.2) is 74.8 Å².